The lowest BCUT2D eigenvalue weighted by atomic mass is 9.95. The Hall–Kier alpha value is -1.32. The molecular formula is C14H26N4. The van der Waals surface area contributed by atoms with Crippen molar-refractivity contribution in [2.75, 3.05) is 11.1 Å². The van der Waals surface area contributed by atoms with Crippen LogP contribution in [0, 0.1) is 6.92 Å². The molecule has 1 rings (SSSR count). The minimum absolute atomic E-state index is 0.0911. The number of nitrogens with zero attached hydrogens (tertiary/aromatic N) is 2. The Morgan fingerprint density at radius 1 is 1.17 bits per heavy atom. The molecule has 102 valence electrons. The average Bonchev–Trinajstić information content (AvgIpc) is 2.29. The summed E-state index contributed by atoms with van der Waals surface area (Å²) < 4.78 is 0. The molecule has 0 spiro atoms. The standard InChI is InChI=1S/C14H26N4/c1-7-10(8-2)16-12-9(3)11(15)17-13(18-12)14(4,5)6/h10H,7-8H2,1-6H3,(H3,15,16,17,18). The Bertz CT molecular complexity index is 403. The van der Waals surface area contributed by atoms with Crippen LogP contribution in [0.25, 0.3) is 0 Å². The molecule has 18 heavy (non-hydrogen) atoms. The van der Waals surface area contributed by atoms with Crippen LogP contribution in [0.5, 0.6) is 0 Å². The fourth-order valence-electron chi connectivity index (χ4n) is 1.70. The number of anilines is 2. The summed E-state index contributed by atoms with van der Waals surface area (Å²) in [6, 6.07) is 0.436. The van der Waals surface area contributed by atoms with Crippen molar-refractivity contribution in [3.8, 4) is 0 Å². The molecule has 0 aliphatic rings. The van der Waals surface area contributed by atoms with E-state index in [4.69, 9.17) is 5.73 Å². The summed E-state index contributed by atoms with van der Waals surface area (Å²) >= 11 is 0. The van der Waals surface area contributed by atoms with Crippen molar-refractivity contribution in [1.82, 2.24) is 9.97 Å². The minimum Gasteiger partial charge on any atom is -0.383 e. The summed E-state index contributed by atoms with van der Waals surface area (Å²) in [6.07, 6.45) is 2.15. The van der Waals surface area contributed by atoms with Crippen LogP contribution in [0.1, 0.15) is 58.8 Å². The fraction of sp³-hybridized carbons (Fsp3) is 0.714. The molecular weight excluding hydrogens is 224 g/mol. The SMILES string of the molecule is CCC(CC)Nc1nc(C(C)(C)C)nc(N)c1C. The van der Waals surface area contributed by atoms with Gasteiger partial charge in [-0.15, -0.1) is 0 Å². The van der Waals surface area contributed by atoms with E-state index in [0.717, 1.165) is 30.0 Å². The second kappa shape index (κ2) is 5.55. The van der Waals surface area contributed by atoms with E-state index in [9.17, 15) is 0 Å². The highest BCUT2D eigenvalue weighted by Crippen LogP contribution is 2.25. The van der Waals surface area contributed by atoms with Gasteiger partial charge in [0.25, 0.3) is 0 Å². The van der Waals surface area contributed by atoms with E-state index in [0.29, 0.717) is 11.9 Å². The molecule has 1 heterocycles. The summed E-state index contributed by atoms with van der Waals surface area (Å²) in [7, 11) is 0. The predicted molar refractivity (Wildman–Crippen MR) is 77.9 cm³/mol. The first kappa shape index (κ1) is 14.7. The Balaban J connectivity index is 3.14. The maximum atomic E-state index is 5.99. The van der Waals surface area contributed by atoms with Crippen molar-refractivity contribution in [3.63, 3.8) is 0 Å². The van der Waals surface area contributed by atoms with Gasteiger partial charge in [-0.2, -0.15) is 0 Å². The van der Waals surface area contributed by atoms with Gasteiger partial charge in [-0.1, -0.05) is 34.6 Å². The number of aromatic nitrogens is 2. The molecule has 1 aromatic rings. The molecule has 0 fully saturated rings. The monoisotopic (exact) mass is 250 g/mol. The molecule has 1 aromatic heterocycles. The van der Waals surface area contributed by atoms with Gasteiger partial charge >= 0.3 is 0 Å². The third-order valence-electron chi connectivity index (χ3n) is 3.18. The molecule has 0 aliphatic heterocycles. The zero-order valence-corrected chi connectivity index (χ0v) is 12.5. The highest BCUT2D eigenvalue weighted by atomic mass is 15.1. The van der Waals surface area contributed by atoms with E-state index in [2.05, 4.69) is 49.9 Å². The minimum atomic E-state index is -0.0911. The second-order valence-corrected chi connectivity index (χ2v) is 5.81. The first-order valence-electron chi connectivity index (χ1n) is 6.70. The first-order chi connectivity index (χ1) is 8.29. The molecule has 0 bridgehead atoms. The number of nitrogens with two attached hydrogens (primary N) is 1. The van der Waals surface area contributed by atoms with Gasteiger partial charge in [-0.3, -0.25) is 0 Å². The lowest BCUT2D eigenvalue weighted by molar-refractivity contribution is 0.545. The highest BCUT2D eigenvalue weighted by molar-refractivity contribution is 5.55. The Kier molecular flexibility index (Phi) is 4.54. The molecule has 0 amide bonds. The fourth-order valence-corrected chi connectivity index (χ4v) is 1.70. The van der Waals surface area contributed by atoms with Gasteiger partial charge in [0.1, 0.15) is 17.5 Å². The molecule has 0 saturated heterocycles. The van der Waals surface area contributed by atoms with Crippen LogP contribution in [-0.2, 0) is 5.41 Å². The van der Waals surface area contributed by atoms with Gasteiger partial charge in [0.15, 0.2) is 0 Å². The zero-order valence-electron chi connectivity index (χ0n) is 12.5. The maximum Gasteiger partial charge on any atom is 0.138 e. The normalized spacial score (nSPS) is 11.9. The van der Waals surface area contributed by atoms with Gasteiger partial charge in [0.05, 0.1) is 0 Å². The van der Waals surface area contributed by atoms with Gasteiger partial charge in [-0.05, 0) is 19.8 Å². The van der Waals surface area contributed by atoms with Gasteiger partial charge in [0.2, 0.25) is 0 Å². The summed E-state index contributed by atoms with van der Waals surface area (Å²) in [5, 5.41) is 3.47. The van der Waals surface area contributed by atoms with Crippen LogP contribution in [0.4, 0.5) is 11.6 Å². The largest absolute Gasteiger partial charge is 0.383 e. The van der Waals surface area contributed by atoms with Gasteiger partial charge in [0, 0.05) is 17.0 Å². The van der Waals surface area contributed by atoms with Gasteiger partial charge in [-0.25, -0.2) is 9.97 Å². The summed E-state index contributed by atoms with van der Waals surface area (Å²) in [4.78, 5) is 9.03. The van der Waals surface area contributed by atoms with Crippen LogP contribution < -0.4 is 11.1 Å². The molecule has 0 atom stereocenters. The van der Waals surface area contributed by atoms with Crippen LogP contribution in [0.2, 0.25) is 0 Å². The lowest BCUT2D eigenvalue weighted by Gasteiger charge is -2.22. The summed E-state index contributed by atoms with van der Waals surface area (Å²) in [6.45, 7) is 12.6. The molecule has 0 unspecified atom stereocenters. The van der Waals surface area contributed by atoms with Crippen molar-refractivity contribution in [2.45, 2.75) is 65.8 Å². The topological polar surface area (TPSA) is 63.8 Å². The maximum absolute atomic E-state index is 5.99. The zero-order chi connectivity index (χ0) is 13.9. The Labute approximate surface area is 110 Å². The number of rotatable bonds is 4. The van der Waals surface area contributed by atoms with E-state index >= 15 is 0 Å². The summed E-state index contributed by atoms with van der Waals surface area (Å²) in [5.74, 6) is 2.24. The van der Waals surface area contributed by atoms with Crippen molar-refractivity contribution < 1.29 is 0 Å². The molecule has 0 saturated carbocycles. The third kappa shape index (κ3) is 3.34. The highest BCUT2D eigenvalue weighted by Gasteiger charge is 2.20. The smallest absolute Gasteiger partial charge is 0.138 e. The number of hydrogen-bond donors (Lipinski definition) is 2. The molecule has 0 radical (unpaired) electrons. The second-order valence-electron chi connectivity index (χ2n) is 5.81. The third-order valence-corrected chi connectivity index (χ3v) is 3.18. The number of hydrogen-bond acceptors (Lipinski definition) is 4. The van der Waals surface area contributed by atoms with Crippen molar-refractivity contribution in [1.29, 1.82) is 0 Å². The van der Waals surface area contributed by atoms with E-state index < -0.39 is 0 Å². The molecule has 0 aliphatic carbocycles. The van der Waals surface area contributed by atoms with Crippen LogP contribution in [0.3, 0.4) is 0 Å². The quantitative estimate of drug-likeness (QED) is 0.861. The Morgan fingerprint density at radius 3 is 2.17 bits per heavy atom. The number of nitrogens with one attached hydrogen (secondary N) is 1. The first-order valence-corrected chi connectivity index (χ1v) is 6.70. The Morgan fingerprint density at radius 2 is 1.72 bits per heavy atom. The molecule has 4 heteroatoms. The molecule has 4 nitrogen and oxygen atoms in total. The molecule has 0 aromatic carbocycles. The lowest BCUT2D eigenvalue weighted by Crippen LogP contribution is -2.23. The van der Waals surface area contributed by atoms with E-state index in [-0.39, 0.29) is 5.41 Å². The van der Waals surface area contributed by atoms with Crippen molar-refractivity contribution >= 4 is 11.6 Å². The number of nitrogen functional groups attached to an aromatic ring is 1. The predicted octanol–water partition coefficient (Wildman–Crippen LogP) is 3.27. The van der Waals surface area contributed by atoms with Gasteiger partial charge < -0.3 is 11.1 Å². The molecule has 3 N–H and O–H groups in total. The summed E-state index contributed by atoms with van der Waals surface area (Å²) in [5.41, 5.74) is 6.83. The van der Waals surface area contributed by atoms with E-state index in [1.807, 2.05) is 6.92 Å². The van der Waals surface area contributed by atoms with Crippen LogP contribution >= 0.6 is 0 Å². The average molecular weight is 250 g/mol. The van der Waals surface area contributed by atoms with Crippen molar-refractivity contribution in [2.24, 2.45) is 0 Å². The van der Waals surface area contributed by atoms with E-state index in [1.165, 1.54) is 0 Å². The van der Waals surface area contributed by atoms with Crippen LogP contribution in [-0.4, -0.2) is 16.0 Å². The van der Waals surface area contributed by atoms with Crippen molar-refractivity contribution in [3.05, 3.63) is 11.4 Å². The van der Waals surface area contributed by atoms with E-state index in [1.54, 1.807) is 0 Å². The van der Waals surface area contributed by atoms with Crippen LogP contribution in [0.15, 0.2) is 0 Å².